The molecular weight excluding hydrogens is 598 g/mol. The molecule has 0 N–H and O–H groups in total. The molecule has 13 heteroatoms. The Hall–Kier alpha value is -2.50. The monoisotopic (exact) mass is 619 g/mol. The number of hydrogen-bond donors (Lipinski definition) is 0. The van der Waals surface area contributed by atoms with Gasteiger partial charge in [-0.2, -0.15) is 17.5 Å². The predicted octanol–water partition coefficient (Wildman–Crippen LogP) is 6.21. The fraction of sp³-hybridized carbons (Fsp3) is 0.269. The summed E-state index contributed by atoms with van der Waals surface area (Å²) >= 11 is 18.0. The minimum absolute atomic E-state index is 0.0332. The van der Waals surface area contributed by atoms with Gasteiger partial charge in [-0.05, 0) is 60.2 Å². The molecule has 0 radical (unpaired) electrons. The molecule has 39 heavy (non-hydrogen) atoms. The normalized spacial score (nSPS) is 14.6. The number of rotatable bonds is 7. The van der Waals surface area contributed by atoms with Gasteiger partial charge in [-0.15, -0.1) is 0 Å². The van der Waals surface area contributed by atoms with E-state index < -0.39 is 34.2 Å². The number of sulfonamides is 1. The van der Waals surface area contributed by atoms with Crippen molar-refractivity contribution >= 4 is 56.4 Å². The van der Waals surface area contributed by atoms with Gasteiger partial charge < -0.3 is 9.80 Å². The van der Waals surface area contributed by atoms with Gasteiger partial charge in [0.1, 0.15) is 0 Å². The Kier molecular flexibility index (Phi) is 9.02. The zero-order valence-electron chi connectivity index (χ0n) is 20.3. The second-order valence-electron chi connectivity index (χ2n) is 8.89. The van der Waals surface area contributed by atoms with Crippen molar-refractivity contribution < 1.29 is 26.4 Å². The Labute approximate surface area is 239 Å². The smallest absolute Gasteiger partial charge is 0.368 e. The lowest BCUT2D eigenvalue weighted by Gasteiger charge is -2.37. The topological polar surface area (TPSA) is 60.9 Å². The van der Waals surface area contributed by atoms with Crippen LogP contribution in [0, 0.1) is 0 Å². The zero-order chi connectivity index (χ0) is 28.4. The summed E-state index contributed by atoms with van der Waals surface area (Å²) in [6, 6.07) is 15.3. The first kappa shape index (κ1) is 29.5. The summed E-state index contributed by atoms with van der Waals surface area (Å²) in [7, 11) is -4.11. The third-order valence-electron chi connectivity index (χ3n) is 6.28. The first-order valence-corrected chi connectivity index (χ1v) is 14.3. The molecule has 1 saturated heterocycles. The molecule has 6 nitrogen and oxygen atoms in total. The second-order valence-corrected chi connectivity index (χ2v) is 12.1. The third-order valence-corrected chi connectivity index (χ3v) is 9.07. The highest BCUT2D eigenvalue weighted by molar-refractivity contribution is 7.89. The van der Waals surface area contributed by atoms with E-state index in [1.807, 2.05) is 0 Å². The highest BCUT2D eigenvalue weighted by atomic mass is 35.5. The molecule has 0 aromatic heterocycles. The molecule has 0 atom stereocenters. The van der Waals surface area contributed by atoms with Crippen LogP contribution in [0.4, 0.5) is 18.9 Å². The van der Waals surface area contributed by atoms with Crippen molar-refractivity contribution in [3.63, 3.8) is 0 Å². The molecule has 1 aliphatic heterocycles. The van der Waals surface area contributed by atoms with Gasteiger partial charge in [-0.25, -0.2) is 8.42 Å². The van der Waals surface area contributed by atoms with E-state index in [0.29, 0.717) is 34.4 Å². The molecule has 0 aliphatic carbocycles. The van der Waals surface area contributed by atoms with E-state index in [1.165, 1.54) is 41.3 Å². The fourth-order valence-electron chi connectivity index (χ4n) is 4.17. The number of nitrogens with zero attached hydrogens (tertiary/aromatic N) is 3. The first-order valence-electron chi connectivity index (χ1n) is 11.7. The highest BCUT2D eigenvalue weighted by Gasteiger charge is 2.32. The van der Waals surface area contributed by atoms with Gasteiger partial charge in [0.25, 0.3) is 0 Å². The quantitative estimate of drug-likeness (QED) is 0.315. The molecule has 3 aromatic rings. The molecule has 1 fully saturated rings. The van der Waals surface area contributed by atoms with Crippen molar-refractivity contribution in [1.29, 1.82) is 0 Å². The molecule has 0 bridgehead atoms. The summed E-state index contributed by atoms with van der Waals surface area (Å²) < 4.78 is 67.4. The van der Waals surface area contributed by atoms with Crippen molar-refractivity contribution in [3.8, 4) is 0 Å². The van der Waals surface area contributed by atoms with Crippen LogP contribution in [0.25, 0.3) is 0 Å². The van der Waals surface area contributed by atoms with E-state index in [2.05, 4.69) is 0 Å². The van der Waals surface area contributed by atoms with Crippen LogP contribution in [0.5, 0.6) is 0 Å². The van der Waals surface area contributed by atoms with E-state index in [-0.39, 0.29) is 29.6 Å². The van der Waals surface area contributed by atoms with E-state index in [1.54, 1.807) is 23.1 Å². The van der Waals surface area contributed by atoms with Crippen molar-refractivity contribution in [3.05, 3.63) is 92.9 Å². The molecule has 1 aliphatic rings. The number of anilines is 1. The summed E-state index contributed by atoms with van der Waals surface area (Å²) in [6.07, 6.45) is -4.46. The number of benzene rings is 3. The number of halogens is 6. The number of carbonyl (C=O) groups is 1. The SMILES string of the molecule is O=C(CN(Cc1ccc(Cl)c(Cl)c1)S(=O)(=O)c1ccc(Cl)cc1)N1CCN(c2cccc(C(F)(F)F)c2)CC1. The average molecular weight is 621 g/mol. The Morgan fingerprint density at radius 1 is 0.872 bits per heavy atom. The lowest BCUT2D eigenvalue weighted by Crippen LogP contribution is -2.51. The van der Waals surface area contributed by atoms with E-state index >= 15 is 0 Å². The maximum atomic E-state index is 13.5. The lowest BCUT2D eigenvalue weighted by molar-refractivity contribution is -0.137. The largest absolute Gasteiger partial charge is 0.416 e. The molecule has 4 rings (SSSR count). The number of piperazine rings is 1. The van der Waals surface area contributed by atoms with Crippen LogP contribution < -0.4 is 4.90 Å². The Bertz CT molecular complexity index is 1450. The fourth-order valence-corrected chi connectivity index (χ4v) is 5.99. The van der Waals surface area contributed by atoms with E-state index in [4.69, 9.17) is 34.8 Å². The molecule has 0 spiro atoms. The van der Waals surface area contributed by atoms with Gasteiger partial charge in [0, 0.05) is 43.4 Å². The van der Waals surface area contributed by atoms with Crippen LogP contribution in [-0.4, -0.2) is 56.3 Å². The van der Waals surface area contributed by atoms with Gasteiger partial charge in [0.05, 0.1) is 27.0 Å². The highest BCUT2D eigenvalue weighted by Crippen LogP contribution is 2.32. The maximum Gasteiger partial charge on any atom is 0.416 e. The number of alkyl halides is 3. The van der Waals surface area contributed by atoms with Crippen LogP contribution in [0.15, 0.2) is 71.6 Å². The van der Waals surface area contributed by atoms with Gasteiger partial charge in [0.15, 0.2) is 0 Å². The Morgan fingerprint density at radius 3 is 2.15 bits per heavy atom. The molecule has 1 heterocycles. The van der Waals surface area contributed by atoms with E-state index in [0.717, 1.165) is 16.4 Å². The molecule has 0 unspecified atom stereocenters. The number of amides is 1. The van der Waals surface area contributed by atoms with Gasteiger partial charge in [0.2, 0.25) is 15.9 Å². The summed E-state index contributed by atoms with van der Waals surface area (Å²) in [5.74, 6) is -0.434. The first-order chi connectivity index (χ1) is 18.3. The minimum Gasteiger partial charge on any atom is -0.368 e. The van der Waals surface area contributed by atoms with Crippen molar-refractivity contribution in [1.82, 2.24) is 9.21 Å². The maximum absolute atomic E-state index is 13.5. The van der Waals surface area contributed by atoms with Crippen LogP contribution in [-0.2, 0) is 27.5 Å². The predicted molar refractivity (Wildman–Crippen MR) is 146 cm³/mol. The van der Waals surface area contributed by atoms with Gasteiger partial charge in [-0.3, -0.25) is 4.79 Å². The van der Waals surface area contributed by atoms with Crippen LogP contribution >= 0.6 is 34.8 Å². The third kappa shape index (κ3) is 7.18. The van der Waals surface area contributed by atoms with Crippen molar-refractivity contribution in [2.24, 2.45) is 0 Å². The van der Waals surface area contributed by atoms with Gasteiger partial charge >= 0.3 is 6.18 Å². The Balaban J connectivity index is 1.50. The number of hydrogen-bond acceptors (Lipinski definition) is 4. The second kappa shape index (κ2) is 11.9. The summed E-state index contributed by atoms with van der Waals surface area (Å²) in [4.78, 5) is 16.5. The average Bonchev–Trinajstić information content (AvgIpc) is 2.90. The molecule has 0 saturated carbocycles. The summed E-state index contributed by atoms with van der Waals surface area (Å²) in [5, 5.41) is 0.914. The molecule has 1 amide bonds. The number of carbonyl (C=O) groups excluding carboxylic acids is 1. The summed E-state index contributed by atoms with van der Waals surface area (Å²) in [6.45, 7) is 0.438. The van der Waals surface area contributed by atoms with Crippen molar-refractivity contribution in [2.45, 2.75) is 17.6 Å². The molecular formula is C26H23Cl3F3N3O3S. The van der Waals surface area contributed by atoms with Crippen LogP contribution in [0.1, 0.15) is 11.1 Å². The molecule has 3 aromatic carbocycles. The molecule has 208 valence electrons. The summed E-state index contributed by atoms with van der Waals surface area (Å²) in [5.41, 5.74) is 0.191. The van der Waals surface area contributed by atoms with Crippen molar-refractivity contribution in [2.75, 3.05) is 37.6 Å². The van der Waals surface area contributed by atoms with Gasteiger partial charge in [-0.1, -0.05) is 46.9 Å². The zero-order valence-corrected chi connectivity index (χ0v) is 23.4. The Morgan fingerprint density at radius 2 is 1.54 bits per heavy atom. The minimum atomic E-state index is -4.46. The van der Waals surface area contributed by atoms with Crippen LogP contribution in [0.3, 0.4) is 0 Å². The van der Waals surface area contributed by atoms with Crippen LogP contribution in [0.2, 0.25) is 15.1 Å². The lowest BCUT2D eigenvalue weighted by atomic mass is 10.1. The van der Waals surface area contributed by atoms with E-state index in [9.17, 15) is 26.4 Å². The standard InChI is InChI=1S/C26H23Cl3F3N3O3S/c27-20-5-7-22(8-6-20)39(37,38)35(16-18-4-9-23(28)24(29)14-18)17-25(36)34-12-10-33(11-13-34)21-3-1-2-19(15-21)26(30,31)32/h1-9,14-15H,10-13,16-17H2.